The Labute approximate surface area is 250 Å². The molecule has 5 rings (SSSR count). The number of methoxy groups -OCH3 is 1. The van der Waals surface area contributed by atoms with Crippen LogP contribution < -0.4 is 19.3 Å². The second-order valence-corrected chi connectivity index (χ2v) is 10.6. The van der Waals surface area contributed by atoms with Crippen molar-refractivity contribution < 1.29 is 24.2 Å². The summed E-state index contributed by atoms with van der Waals surface area (Å²) in [5.74, 6) is -0.731. The molecule has 0 radical (unpaired) electrons. The van der Waals surface area contributed by atoms with Crippen molar-refractivity contribution in [2.75, 3.05) is 31.0 Å². The van der Waals surface area contributed by atoms with Crippen molar-refractivity contribution in [1.82, 2.24) is 0 Å². The first-order valence-electron chi connectivity index (χ1n) is 13.4. The van der Waals surface area contributed by atoms with Gasteiger partial charge in [-0.2, -0.15) is 0 Å². The summed E-state index contributed by atoms with van der Waals surface area (Å²) in [6.45, 7) is 2.26. The van der Waals surface area contributed by atoms with E-state index in [-0.39, 0.29) is 11.3 Å². The fourth-order valence-electron chi connectivity index (χ4n) is 5.02. The van der Waals surface area contributed by atoms with Gasteiger partial charge in [0.05, 0.1) is 23.7 Å². The van der Waals surface area contributed by atoms with Gasteiger partial charge in [0, 0.05) is 31.0 Å². The number of halogens is 1. The predicted octanol–water partition coefficient (Wildman–Crippen LogP) is 6.93. The summed E-state index contributed by atoms with van der Waals surface area (Å²) in [5, 5.41) is 11.9. The molecule has 0 aliphatic carbocycles. The van der Waals surface area contributed by atoms with Gasteiger partial charge in [-0.1, -0.05) is 54.1 Å². The number of rotatable bonds is 8. The molecule has 1 heterocycles. The van der Waals surface area contributed by atoms with Gasteiger partial charge in [0.25, 0.3) is 11.7 Å². The van der Waals surface area contributed by atoms with Gasteiger partial charge >= 0.3 is 0 Å². The van der Waals surface area contributed by atoms with Gasteiger partial charge in [-0.05, 0) is 72.1 Å². The summed E-state index contributed by atoms with van der Waals surface area (Å²) < 4.78 is 11.3. The second-order valence-electron chi connectivity index (χ2n) is 10.2. The molecule has 1 amide bonds. The highest BCUT2D eigenvalue weighted by molar-refractivity contribution is 6.51. The summed E-state index contributed by atoms with van der Waals surface area (Å²) in [7, 11) is 5.35. The van der Waals surface area contributed by atoms with Gasteiger partial charge in [-0.15, -0.1) is 0 Å². The first-order valence-corrected chi connectivity index (χ1v) is 13.8. The largest absolute Gasteiger partial charge is 0.507 e. The normalized spacial score (nSPS) is 16.0. The lowest BCUT2D eigenvalue weighted by Crippen LogP contribution is -2.29. The van der Waals surface area contributed by atoms with Crippen LogP contribution in [-0.4, -0.2) is 38.0 Å². The molecule has 214 valence electrons. The standard InChI is InChI=1S/C34H31ClN2O5/c1-21-18-24(12-16-28(21)42-20-22-8-6-5-7-9-22)32(38)30-31(23-10-13-25(14-11-23)36(2)3)37(34(40)33(30)39)26-15-17-29(41-4)27(35)19-26/h5-19,31,38H,20H2,1-4H3/b32-30+. The molecular weight excluding hydrogens is 552 g/mol. The summed E-state index contributed by atoms with van der Waals surface area (Å²) in [5.41, 5.74) is 4.21. The van der Waals surface area contributed by atoms with Gasteiger partial charge in [0.1, 0.15) is 23.9 Å². The molecule has 1 unspecified atom stereocenters. The third kappa shape index (κ3) is 5.56. The number of ether oxygens (including phenoxy) is 2. The van der Waals surface area contributed by atoms with E-state index in [4.69, 9.17) is 21.1 Å². The number of anilines is 2. The number of ketones is 1. The molecule has 0 spiro atoms. The van der Waals surface area contributed by atoms with Crippen LogP contribution in [0, 0.1) is 6.92 Å². The Morgan fingerprint density at radius 2 is 1.62 bits per heavy atom. The Balaban J connectivity index is 1.58. The summed E-state index contributed by atoms with van der Waals surface area (Å²) in [6, 6.07) is 26.5. The van der Waals surface area contributed by atoms with Crippen LogP contribution in [0.2, 0.25) is 5.02 Å². The Kier molecular flexibility index (Phi) is 8.22. The fourth-order valence-corrected chi connectivity index (χ4v) is 5.28. The van der Waals surface area contributed by atoms with Gasteiger partial charge in [-0.25, -0.2) is 0 Å². The molecule has 0 aromatic heterocycles. The molecule has 1 atom stereocenters. The average Bonchev–Trinajstić information content (AvgIpc) is 3.26. The molecule has 1 fully saturated rings. The number of amides is 1. The lowest BCUT2D eigenvalue weighted by molar-refractivity contribution is -0.132. The lowest BCUT2D eigenvalue weighted by atomic mass is 9.94. The van der Waals surface area contributed by atoms with E-state index in [1.165, 1.54) is 12.0 Å². The van der Waals surface area contributed by atoms with Crippen LogP contribution in [0.25, 0.3) is 5.76 Å². The van der Waals surface area contributed by atoms with Crippen molar-refractivity contribution >= 4 is 40.4 Å². The van der Waals surface area contributed by atoms with E-state index in [1.807, 2.05) is 80.5 Å². The van der Waals surface area contributed by atoms with Gasteiger partial charge < -0.3 is 19.5 Å². The highest BCUT2D eigenvalue weighted by Gasteiger charge is 2.47. The van der Waals surface area contributed by atoms with Gasteiger partial charge in [0.15, 0.2) is 0 Å². The number of benzene rings is 4. The van der Waals surface area contributed by atoms with Crippen molar-refractivity contribution in [2.45, 2.75) is 19.6 Å². The minimum atomic E-state index is -0.889. The minimum absolute atomic E-state index is 0.0121. The van der Waals surface area contributed by atoms with E-state index in [1.54, 1.807) is 36.4 Å². The number of Topliss-reactive ketones (excluding diaryl/α,β-unsaturated/α-hetero) is 1. The number of carbonyl (C=O) groups is 2. The van der Waals surface area contributed by atoms with Crippen LogP contribution in [0.15, 0.2) is 96.6 Å². The first kappa shape index (κ1) is 28.8. The fraction of sp³-hybridized carbons (Fsp3) is 0.176. The van der Waals surface area contributed by atoms with E-state index in [2.05, 4.69) is 0 Å². The van der Waals surface area contributed by atoms with Crippen molar-refractivity contribution in [3.63, 3.8) is 0 Å². The van der Waals surface area contributed by atoms with E-state index in [0.717, 1.165) is 16.8 Å². The molecule has 0 saturated carbocycles. The van der Waals surface area contributed by atoms with Crippen LogP contribution in [0.4, 0.5) is 11.4 Å². The Morgan fingerprint density at radius 1 is 0.929 bits per heavy atom. The zero-order valence-corrected chi connectivity index (χ0v) is 24.6. The van der Waals surface area contributed by atoms with E-state index >= 15 is 0 Å². The maximum absolute atomic E-state index is 13.6. The monoisotopic (exact) mass is 582 g/mol. The number of hydrogen-bond donors (Lipinski definition) is 1. The minimum Gasteiger partial charge on any atom is -0.507 e. The Bertz CT molecular complexity index is 1670. The molecule has 1 N–H and O–H groups in total. The molecular formula is C34H31ClN2O5. The number of aryl methyl sites for hydroxylation is 1. The number of hydrogen-bond acceptors (Lipinski definition) is 6. The van der Waals surface area contributed by atoms with Crippen LogP contribution in [0.1, 0.15) is 28.3 Å². The van der Waals surface area contributed by atoms with E-state index < -0.39 is 17.7 Å². The smallest absolute Gasteiger partial charge is 0.300 e. The lowest BCUT2D eigenvalue weighted by Gasteiger charge is -2.26. The summed E-state index contributed by atoms with van der Waals surface area (Å²) in [6.07, 6.45) is 0. The maximum Gasteiger partial charge on any atom is 0.300 e. The number of aliphatic hydroxyl groups excluding tert-OH is 1. The quantitative estimate of drug-likeness (QED) is 0.138. The molecule has 8 heteroatoms. The third-order valence-electron chi connectivity index (χ3n) is 7.27. The topological polar surface area (TPSA) is 79.3 Å². The molecule has 1 aliphatic heterocycles. The van der Waals surface area contributed by atoms with E-state index in [0.29, 0.717) is 39.9 Å². The van der Waals surface area contributed by atoms with Gasteiger partial charge in [-0.3, -0.25) is 14.5 Å². The average molecular weight is 583 g/mol. The molecule has 1 saturated heterocycles. The highest BCUT2D eigenvalue weighted by Crippen LogP contribution is 2.44. The molecule has 4 aromatic rings. The maximum atomic E-state index is 13.6. The van der Waals surface area contributed by atoms with E-state index in [9.17, 15) is 14.7 Å². The Hall–Kier alpha value is -4.75. The number of nitrogens with zero attached hydrogens (tertiary/aromatic N) is 2. The molecule has 1 aliphatic rings. The zero-order chi connectivity index (χ0) is 30.0. The van der Waals surface area contributed by atoms with Crippen molar-refractivity contribution in [1.29, 1.82) is 0 Å². The van der Waals surface area contributed by atoms with Crippen molar-refractivity contribution in [3.05, 3.63) is 124 Å². The molecule has 0 bridgehead atoms. The van der Waals surface area contributed by atoms with Crippen LogP contribution in [0.5, 0.6) is 11.5 Å². The molecule has 4 aromatic carbocycles. The third-order valence-corrected chi connectivity index (χ3v) is 7.56. The van der Waals surface area contributed by atoms with Gasteiger partial charge in [0.2, 0.25) is 0 Å². The predicted molar refractivity (Wildman–Crippen MR) is 166 cm³/mol. The Morgan fingerprint density at radius 3 is 2.24 bits per heavy atom. The SMILES string of the molecule is COc1ccc(N2C(=O)C(=O)/C(=C(/O)c3ccc(OCc4ccccc4)c(C)c3)C2c2ccc(N(C)C)cc2)cc1Cl. The molecule has 7 nitrogen and oxygen atoms in total. The zero-order valence-electron chi connectivity index (χ0n) is 23.8. The molecule has 42 heavy (non-hydrogen) atoms. The number of aliphatic hydroxyl groups is 1. The van der Waals surface area contributed by atoms with Crippen LogP contribution >= 0.6 is 11.6 Å². The summed E-state index contributed by atoms with van der Waals surface area (Å²) >= 11 is 6.41. The van der Waals surface area contributed by atoms with Crippen molar-refractivity contribution in [3.8, 4) is 11.5 Å². The second kappa shape index (κ2) is 12.0. The highest BCUT2D eigenvalue weighted by atomic mass is 35.5. The first-order chi connectivity index (χ1) is 20.2. The van der Waals surface area contributed by atoms with Crippen molar-refractivity contribution in [2.24, 2.45) is 0 Å². The van der Waals surface area contributed by atoms with Crippen LogP contribution in [-0.2, 0) is 16.2 Å². The number of carbonyl (C=O) groups excluding carboxylic acids is 2. The summed E-state index contributed by atoms with van der Waals surface area (Å²) in [4.78, 5) is 30.5. The van der Waals surface area contributed by atoms with Crippen LogP contribution in [0.3, 0.4) is 0 Å².